The SMILES string of the molecule is Cc1ccc(F)c(NC(=O)Nc2ccc(-c3cnc4cc(-c5cnn(C)c5)cnn34)cc2)c1.Cn1cc(-c2ccc3c(-c4ccc(CC(=O)Nc5cc(C(C)(C)C)on5)cc4)cnn3c2)cn1.Cn1cc(-c2cnc3c(-c4ccc(CC(=O)Nc5cc(C(C)(C)C)on5)cc4)cnn3c2)cn1. The highest BCUT2D eigenvalue weighted by atomic mass is 19.1. The van der Waals surface area contributed by atoms with Crippen LogP contribution in [-0.2, 0) is 54.4 Å². The Labute approximate surface area is 578 Å². The fourth-order valence-corrected chi connectivity index (χ4v) is 11.0. The van der Waals surface area contributed by atoms with Crippen LogP contribution in [0.15, 0.2) is 211 Å². The number of aryl methyl sites for hydroxylation is 4. The number of nitrogens with one attached hydrogen (secondary N) is 4. The third-order valence-electron chi connectivity index (χ3n) is 16.4. The van der Waals surface area contributed by atoms with E-state index in [0.717, 1.165) is 106 Å². The predicted molar refractivity (Wildman–Crippen MR) is 383 cm³/mol. The maximum Gasteiger partial charge on any atom is 0.323 e. The van der Waals surface area contributed by atoms with Gasteiger partial charge >= 0.3 is 6.03 Å². The number of pyridine rings is 1. The monoisotopic (exact) mass is 1350 g/mol. The zero-order valence-corrected chi connectivity index (χ0v) is 57.0. The van der Waals surface area contributed by atoms with E-state index < -0.39 is 11.8 Å². The van der Waals surface area contributed by atoms with Crippen molar-refractivity contribution in [3.63, 3.8) is 0 Å². The molecule has 4 aromatic carbocycles. The van der Waals surface area contributed by atoms with Crippen LogP contribution < -0.4 is 21.3 Å². The molecule has 0 spiro atoms. The summed E-state index contributed by atoms with van der Waals surface area (Å²) in [5, 5.41) is 44.9. The maximum absolute atomic E-state index is 13.9. The number of amides is 4. The fourth-order valence-electron chi connectivity index (χ4n) is 11.0. The first-order valence-electron chi connectivity index (χ1n) is 32.3. The number of aromatic nitrogens is 16. The molecule has 0 radical (unpaired) electrons. The van der Waals surface area contributed by atoms with E-state index in [2.05, 4.69) is 84.3 Å². The van der Waals surface area contributed by atoms with Crippen molar-refractivity contribution < 1.29 is 27.8 Å². The normalized spacial score (nSPS) is 11.5. The van der Waals surface area contributed by atoms with Gasteiger partial charge in [0.1, 0.15) is 17.3 Å². The standard InChI is InChI=1S/C26H26N6O2.C25H25N7O2.C24H20FN7O/c1-26(2,3)23-12-24(30-34-23)29-25(33)11-17-5-7-18(8-6-17)21-14-28-32-16-19(9-10-22(21)32)20-13-27-31(4)15-20;1-25(2,3)21-10-22(30-34-21)29-23(33)9-16-5-7-17(8-6-16)20-13-28-32-15-18(11-26-24(20)32)19-12-27-31(4)14-19;1-15-3-8-20(25)21(9-15)30-24(33)29-19-6-4-16(5-7-19)22-13-26-23-10-17(11-28-32(22)23)18-12-27-31(2)14-18/h5-10,12-16H,11H2,1-4H3,(H,29,30,33);5-8,10-15H,9H2,1-4H3,(H,29,30,33);3-14H,1-2H3,(H2,29,30,33). The molecule has 25 nitrogen and oxygen atoms in total. The van der Waals surface area contributed by atoms with Crippen molar-refractivity contribution >= 4 is 57.7 Å². The van der Waals surface area contributed by atoms with Gasteiger partial charge in [0.2, 0.25) is 11.8 Å². The number of anilines is 4. The Balaban J connectivity index is 0.000000135. The molecule has 0 unspecified atom stereocenters. The van der Waals surface area contributed by atoms with Crippen molar-refractivity contribution in [1.82, 2.24) is 78.5 Å². The number of nitrogens with zero attached hydrogens (tertiary/aromatic N) is 16. The van der Waals surface area contributed by atoms with Gasteiger partial charge in [0.05, 0.1) is 73.1 Å². The topological polar surface area (TPSA) is 283 Å². The Kier molecular flexibility index (Phi) is 18.4. The lowest BCUT2D eigenvalue weighted by Crippen LogP contribution is -2.20. The van der Waals surface area contributed by atoms with Crippen LogP contribution in [0.3, 0.4) is 0 Å². The Morgan fingerprint density at radius 3 is 1.52 bits per heavy atom. The van der Waals surface area contributed by atoms with Crippen molar-refractivity contribution in [3.05, 3.63) is 236 Å². The van der Waals surface area contributed by atoms with Gasteiger partial charge in [-0.1, -0.05) is 125 Å². The number of halogens is 1. The average molecular weight is 1350 g/mol. The summed E-state index contributed by atoms with van der Waals surface area (Å²) in [6, 6.07) is 36.7. The summed E-state index contributed by atoms with van der Waals surface area (Å²) in [5.74, 6) is 1.54. The lowest BCUT2D eigenvalue weighted by molar-refractivity contribution is -0.116. The van der Waals surface area contributed by atoms with Crippen LogP contribution >= 0.6 is 0 Å². The van der Waals surface area contributed by atoms with Crippen LogP contribution in [-0.4, -0.2) is 96.3 Å². The summed E-state index contributed by atoms with van der Waals surface area (Å²) < 4.78 is 35.2. The largest absolute Gasteiger partial charge is 0.359 e. The number of hydrogen-bond acceptors (Lipinski definition) is 15. The minimum Gasteiger partial charge on any atom is -0.359 e. The number of hydrogen-bond donors (Lipinski definition) is 4. The molecule has 26 heteroatoms. The molecule has 0 bridgehead atoms. The summed E-state index contributed by atoms with van der Waals surface area (Å²) in [7, 11) is 5.65. The summed E-state index contributed by atoms with van der Waals surface area (Å²) in [6.07, 6.45) is 24.7. The highest BCUT2D eigenvalue weighted by Crippen LogP contribution is 2.32. The van der Waals surface area contributed by atoms with E-state index in [-0.39, 0.29) is 41.2 Å². The maximum atomic E-state index is 13.9. The smallest absolute Gasteiger partial charge is 0.323 e. The van der Waals surface area contributed by atoms with Crippen molar-refractivity contribution in [2.24, 2.45) is 21.1 Å². The van der Waals surface area contributed by atoms with E-state index in [1.54, 1.807) is 90.5 Å². The Hall–Kier alpha value is -13.0. The second-order valence-corrected chi connectivity index (χ2v) is 26.5. The predicted octanol–water partition coefficient (Wildman–Crippen LogP) is 14.0. The van der Waals surface area contributed by atoms with Gasteiger partial charge in [-0.25, -0.2) is 32.7 Å². The van der Waals surface area contributed by atoms with E-state index in [4.69, 9.17) is 9.05 Å². The molecular weight excluding hydrogens is 1280 g/mol. The van der Waals surface area contributed by atoms with E-state index in [1.165, 1.54) is 6.07 Å². The number of fused-ring (bicyclic) bond motifs is 3. The summed E-state index contributed by atoms with van der Waals surface area (Å²) >= 11 is 0. The molecule has 508 valence electrons. The second-order valence-electron chi connectivity index (χ2n) is 26.5. The number of imidazole rings is 1. The molecule has 4 N–H and O–H groups in total. The van der Waals surface area contributed by atoms with Gasteiger partial charge in [0.15, 0.2) is 22.9 Å². The van der Waals surface area contributed by atoms with Crippen molar-refractivity contribution in [2.45, 2.75) is 72.1 Å². The molecule has 15 rings (SSSR count). The summed E-state index contributed by atoms with van der Waals surface area (Å²) in [4.78, 5) is 46.3. The lowest BCUT2D eigenvalue weighted by Gasteiger charge is -2.12. The van der Waals surface area contributed by atoms with Gasteiger partial charge < -0.3 is 30.3 Å². The Morgan fingerprint density at radius 1 is 0.455 bits per heavy atom. The zero-order valence-electron chi connectivity index (χ0n) is 57.0. The summed E-state index contributed by atoms with van der Waals surface area (Å²) in [6.45, 7) is 14.0. The molecule has 0 aliphatic carbocycles. The number of benzene rings is 4. The van der Waals surface area contributed by atoms with Gasteiger partial charge in [0, 0.05) is 137 Å². The molecule has 0 saturated carbocycles. The van der Waals surface area contributed by atoms with Gasteiger partial charge in [-0.3, -0.25) is 23.6 Å². The number of carbonyl (C=O) groups excluding carboxylic acids is 3. The Bertz CT molecular complexity index is 5260. The Morgan fingerprint density at radius 2 is 0.960 bits per heavy atom. The molecule has 0 aliphatic heterocycles. The highest BCUT2D eigenvalue weighted by molar-refractivity contribution is 6.00. The van der Waals surface area contributed by atoms with E-state index in [0.29, 0.717) is 23.0 Å². The van der Waals surface area contributed by atoms with Crippen LogP contribution in [0.1, 0.15) is 69.8 Å². The quantitative estimate of drug-likeness (QED) is 0.0787. The van der Waals surface area contributed by atoms with Gasteiger partial charge in [-0.2, -0.15) is 30.6 Å². The molecule has 0 fully saturated rings. The third-order valence-corrected chi connectivity index (χ3v) is 16.4. The molecule has 11 aromatic heterocycles. The molecule has 15 aromatic rings. The zero-order chi connectivity index (χ0) is 70.7. The number of carbonyl (C=O) groups is 3. The molecule has 0 saturated heterocycles. The second kappa shape index (κ2) is 27.9. The van der Waals surface area contributed by atoms with Crippen molar-refractivity contribution in [3.8, 4) is 66.9 Å². The van der Waals surface area contributed by atoms with E-state index >= 15 is 0 Å². The van der Waals surface area contributed by atoms with E-state index in [1.807, 2.05) is 190 Å². The van der Waals surface area contributed by atoms with Crippen LogP contribution in [0.25, 0.3) is 83.7 Å². The van der Waals surface area contributed by atoms with Crippen molar-refractivity contribution in [1.29, 1.82) is 0 Å². The van der Waals surface area contributed by atoms with Gasteiger partial charge in [-0.05, 0) is 71.1 Å². The van der Waals surface area contributed by atoms with Crippen LogP contribution in [0.4, 0.5) is 32.2 Å². The van der Waals surface area contributed by atoms with Gasteiger partial charge in [-0.15, -0.1) is 0 Å². The molecule has 0 aliphatic rings. The minimum atomic E-state index is -0.522. The first-order valence-corrected chi connectivity index (χ1v) is 32.3. The first kappa shape index (κ1) is 66.6. The molecule has 101 heavy (non-hydrogen) atoms. The third kappa shape index (κ3) is 15.6. The average Bonchev–Trinajstić information content (AvgIpc) is 1.72. The first-order chi connectivity index (χ1) is 48.5. The lowest BCUT2D eigenvalue weighted by atomic mass is 9.93. The molecule has 4 amide bonds. The number of urea groups is 1. The fraction of sp³-hybridized carbons (Fsp3) is 0.187. The van der Waals surface area contributed by atoms with Crippen LogP contribution in [0, 0.1) is 12.7 Å². The van der Waals surface area contributed by atoms with E-state index in [9.17, 15) is 18.8 Å². The highest BCUT2D eigenvalue weighted by Gasteiger charge is 2.23. The number of rotatable bonds is 14. The molecule has 0 atom stereocenters. The van der Waals surface area contributed by atoms with Gasteiger partial charge in [0.25, 0.3) is 0 Å². The van der Waals surface area contributed by atoms with Crippen LogP contribution in [0.5, 0.6) is 0 Å². The molecular formula is C75H71FN20O5. The minimum absolute atomic E-state index is 0.131. The van der Waals surface area contributed by atoms with Crippen LogP contribution in [0.2, 0.25) is 0 Å². The molecule has 11 heterocycles. The van der Waals surface area contributed by atoms with Crippen molar-refractivity contribution in [2.75, 3.05) is 21.3 Å². The summed E-state index contributed by atoms with van der Waals surface area (Å²) in [5.41, 5.74) is 17.1.